The van der Waals surface area contributed by atoms with Gasteiger partial charge >= 0.3 is 0 Å². The third-order valence-electron chi connectivity index (χ3n) is 5.26. The van der Waals surface area contributed by atoms with Gasteiger partial charge in [0.05, 0.1) is 36.1 Å². The standard InChI is InChI=1S/C24H23N3O3/c1-15-21(16(2)30-26-15)14-27(3)24(28)20-13-23(17-9-11-18(29-4)12-10-17)25-22-8-6-5-7-19(20)22/h5-13H,14H2,1-4H3. The predicted molar refractivity (Wildman–Crippen MR) is 116 cm³/mol. The number of amides is 1. The molecule has 0 atom stereocenters. The summed E-state index contributed by atoms with van der Waals surface area (Å²) in [5.41, 5.74) is 4.78. The van der Waals surface area contributed by atoms with Gasteiger partial charge in [-0.15, -0.1) is 0 Å². The van der Waals surface area contributed by atoms with E-state index in [4.69, 9.17) is 14.2 Å². The topological polar surface area (TPSA) is 68.5 Å². The van der Waals surface area contributed by atoms with Crippen LogP contribution in [-0.2, 0) is 6.54 Å². The highest BCUT2D eigenvalue weighted by atomic mass is 16.5. The fourth-order valence-corrected chi connectivity index (χ4v) is 3.50. The maximum atomic E-state index is 13.4. The minimum atomic E-state index is -0.0802. The molecular weight excluding hydrogens is 378 g/mol. The quantitative estimate of drug-likeness (QED) is 0.481. The monoisotopic (exact) mass is 401 g/mol. The minimum Gasteiger partial charge on any atom is -0.497 e. The maximum absolute atomic E-state index is 13.4. The van der Waals surface area contributed by atoms with Crippen LogP contribution in [0, 0.1) is 13.8 Å². The molecule has 0 bridgehead atoms. The van der Waals surface area contributed by atoms with Crippen molar-refractivity contribution in [2.24, 2.45) is 0 Å². The summed E-state index contributed by atoms with van der Waals surface area (Å²) < 4.78 is 10.5. The van der Waals surface area contributed by atoms with Gasteiger partial charge in [0.25, 0.3) is 5.91 Å². The molecule has 0 saturated carbocycles. The highest BCUT2D eigenvalue weighted by Gasteiger charge is 2.20. The number of nitrogens with zero attached hydrogens (tertiary/aromatic N) is 3. The number of hydrogen-bond acceptors (Lipinski definition) is 5. The first-order valence-corrected chi connectivity index (χ1v) is 9.69. The zero-order valence-corrected chi connectivity index (χ0v) is 17.5. The molecule has 0 N–H and O–H groups in total. The zero-order valence-electron chi connectivity index (χ0n) is 17.5. The lowest BCUT2D eigenvalue weighted by Gasteiger charge is -2.19. The van der Waals surface area contributed by atoms with E-state index in [1.165, 1.54) is 0 Å². The molecule has 152 valence electrons. The molecule has 0 fully saturated rings. The summed E-state index contributed by atoms with van der Waals surface area (Å²) in [4.78, 5) is 19.9. The highest BCUT2D eigenvalue weighted by Crippen LogP contribution is 2.27. The van der Waals surface area contributed by atoms with Gasteiger partial charge in [-0.1, -0.05) is 23.4 Å². The van der Waals surface area contributed by atoms with E-state index in [9.17, 15) is 4.79 Å². The Kier molecular flexibility index (Phi) is 5.23. The number of rotatable bonds is 5. The first-order valence-electron chi connectivity index (χ1n) is 9.69. The second-order valence-corrected chi connectivity index (χ2v) is 7.26. The number of carbonyl (C=O) groups is 1. The fourth-order valence-electron chi connectivity index (χ4n) is 3.50. The summed E-state index contributed by atoms with van der Waals surface area (Å²) in [6, 6.07) is 17.2. The van der Waals surface area contributed by atoms with Crippen LogP contribution in [0.4, 0.5) is 0 Å². The average molecular weight is 401 g/mol. The van der Waals surface area contributed by atoms with Crippen LogP contribution < -0.4 is 4.74 Å². The number of benzene rings is 2. The number of fused-ring (bicyclic) bond motifs is 1. The third kappa shape index (κ3) is 3.64. The summed E-state index contributed by atoms with van der Waals surface area (Å²) in [5, 5.41) is 4.81. The molecule has 0 aliphatic carbocycles. The Balaban J connectivity index is 1.75. The maximum Gasteiger partial charge on any atom is 0.254 e. The summed E-state index contributed by atoms with van der Waals surface area (Å²) in [5.74, 6) is 1.42. The molecule has 0 saturated heterocycles. The Morgan fingerprint density at radius 3 is 2.50 bits per heavy atom. The zero-order chi connectivity index (χ0) is 21.3. The van der Waals surface area contributed by atoms with Gasteiger partial charge in [0, 0.05) is 23.6 Å². The Morgan fingerprint density at radius 2 is 1.83 bits per heavy atom. The van der Waals surface area contributed by atoms with Crippen LogP contribution in [0.5, 0.6) is 5.75 Å². The van der Waals surface area contributed by atoms with Crippen LogP contribution in [0.2, 0.25) is 0 Å². The number of aryl methyl sites for hydroxylation is 2. The molecule has 0 unspecified atom stereocenters. The van der Waals surface area contributed by atoms with E-state index in [-0.39, 0.29) is 5.91 Å². The molecule has 0 aliphatic heterocycles. The lowest BCUT2D eigenvalue weighted by Crippen LogP contribution is -2.27. The Labute approximate surface area is 175 Å². The second-order valence-electron chi connectivity index (χ2n) is 7.26. The van der Waals surface area contributed by atoms with Crippen molar-refractivity contribution >= 4 is 16.8 Å². The van der Waals surface area contributed by atoms with E-state index >= 15 is 0 Å². The van der Waals surface area contributed by atoms with Crippen molar-refractivity contribution < 1.29 is 14.1 Å². The number of hydrogen-bond donors (Lipinski definition) is 0. The Morgan fingerprint density at radius 1 is 1.10 bits per heavy atom. The number of para-hydroxylation sites is 1. The van der Waals surface area contributed by atoms with Gasteiger partial charge in [-0.05, 0) is 50.2 Å². The average Bonchev–Trinajstić information content (AvgIpc) is 3.09. The molecule has 0 radical (unpaired) electrons. The highest BCUT2D eigenvalue weighted by molar-refractivity contribution is 6.07. The normalized spacial score (nSPS) is 10.9. The van der Waals surface area contributed by atoms with Crippen LogP contribution in [0.25, 0.3) is 22.2 Å². The molecule has 6 nitrogen and oxygen atoms in total. The van der Waals surface area contributed by atoms with Crippen molar-refractivity contribution in [3.8, 4) is 17.0 Å². The predicted octanol–water partition coefficient (Wildman–Crippen LogP) is 4.79. The van der Waals surface area contributed by atoms with E-state index in [1.807, 2.05) is 68.4 Å². The molecule has 6 heteroatoms. The molecule has 4 rings (SSSR count). The molecule has 4 aromatic rings. The van der Waals surface area contributed by atoms with E-state index in [0.29, 0.717) is 12.1 Å². The van der Waals surface area contributed by atoms with Gasteiger partial charge < -0.3 is 14.2 Å². The third-order valence-corrected chi connectivity index (χ3v) is 5.26. The fraction of sp³-hybridized carbons (Fsp3) is 0.208. The molecule has 30 heavy (non-hydrogen) atoms. The van der Waals surface area contributed by atoms with Crippen molar-refractivity contribution in [1.29, 1.82) is 0 Å². The van der Waals surface area contributed by atoms with Crippen molar-refractivity contribution in [2.75, 3.05) is 14.2 Å². The molecule has 0 aliphatic rings. The lowest BCUT2D eigenvalue weighted by atomic mass is 10.0. The van der Waals surface area contributed by atoms with Gasteiger partial charge in [0.1, 0.15) is 11.5 Å². The van der Waals surface area contributed by atoms with E-state index in [2.05, 4.69) is 5.16 Å². The van der Waals surface area contributed by atoms with Gasteiger partial charge in [0.15, 0.2) is 0 Å². The molecule has 0 spiro atoms. The van der Waals surface area contributed by atoms with Gasteiger partial charge in [-0.2, -0.15) is 0 Å². The van der Waals surface area contributed by atoms with Crippen LogP contribution in [-0.4, -0.2) is 35.1 Å². The van der Waals surface area contributed by atoms with Crippen molar-refractivity contribution in [3.05, 3.63) is 77.2 Å². The number of methoxy groups -OCH3 is 1. The summed E-state index contributed by atoms with van der Waals surface area (Å²) >= 11 is 0. The second kappa shape index (κ2) is 7.99. The number of aromatic nitrogens is 2. The number of ether oxygens (including phenoxy) is 1. The minimum absolute atomic E-state index is 0.0802. The van der Waals surface area contributed by atoms with E-state index < -0.39 is 0 Å². The molecule has 2 aromatic carbocycles. The molecule has 1 amide bonds. The Hall–Kier alpha value is -3.67. The number of carbonyl (C=O) groups excluding carboxylic acids is 1. The summed E-state index contributed by atoms with van der Waals surface area (Å²) in [6.45, 7) is 4.17. The van der Waals surface area contributed by atoms with Crippen LogP contribution in [0.1, 0.15) is 27.4 Å². The summed E-state index contributed by atoms with van der Waals surface area (Å²) in [7, 11) is 3.42. The van der Waals surface area contributed by atoms with Crippen LogP contribution in [0.3, 0.4) is 0 Å². The van der Waals surface area contributed by atoms with E-state index in [1.54, 1.807) is 19.1 Å². The van der Waals surface area contributed by atoms with Crippen LogP contribution in [0.15, 0.2) is 59.1 Å². The van der Waals surface area contributed by atoms with Crippen molar-refractivity contribution in [2.45, 2.75) is 20.4 Å². The van der Waals surface area contributed by atoms with Crippen LogP contribution >= 0.6 is 0 Å². The lowest BCUT2D eigenvalue weighted by molar-refractivity contribution is 0.0786. The van der Waals surface area contributed by atoms with Crippen molar-refractivity contribution in [1.82, 2.24) is 15.0 Å². The largest absolute Gasteiger partial charge is 0.497 e. The summed E-state index contributed by atoms with van der Waals surface area (Å²) in [6.07, 6.45) is 0. The molecule has 2 aromatic heterocycles. The number of pyridine rings is 1. The molecule has 2 heterocycles. The first-order chi connectivity index (χ1) is 14.5. The molecular formula is C24H23N3O3. The Bertz CT molecular complexity index is 1190. The van der Waals surface area contributed by atoms with Crippen molar-refractivity contribution in [3.63, 3.8) is 0 Å². The SMILES string of the molecule is COc1ccc(-c2cc(C(=O)N(C)Cc3c(C)noc3C)c3ccccc3n2)cc1. The van der Waals surface area contributed by atoms with Gasteiger partial charge in [-0.25, -0.2) is 4.98 Å². The van der Waals surface area contributed by atoms with E-state index in [0.717, 1.165) is 44.9 Å². The van der Waals surface area contributed by atoms with Gasteiger partial charge in [-0.3, -0.25) is 4.79 Å². The first kappa shape index (κ1) is 19.6. The smallest absolute Gasteiger partial charge is 0.254 e. The van der Waals surface area contributed by atoms with Gasteiger partial charge in [0.2, 0.25) is 0 Å².